The number of piperidine rings is 1. The fourth-order valence-corrected chi connectivity index (χ4v) is 2.90. The lowest BCUT2D eigenvalue weighted by Crippen LogP contribution is -2.62. The first-order chi connectivity index (χ1) is 7.61. The number of hydrogen-bond donors (Lipinski definition) is 3. The predicted molar refractivity (Wildman–Crippen MR) is 69.1 cm³/mol. The molecular weight excluding hydrogens is 216 g/mol. The van der Waals surface area contributed by atoms with Crippen LogP contribution >= 0.6 is 0 Å². The molecule has 0 radical (unpaired) electrons. The van der Waals surface area contributed by atoms with Gasteiger partial charge in [-0.1, -0.05) is 6.92 Å². The molecule has 1 rings (SSSR count). The molecule has 0 bridgehead atoms. The quantitative estimate of drug-likeness (QED) is 0.701. The van der Waals surface area contributed by atoms with Gasteiger partial charge >= 0.3 is 5.97 Å². The van der Waals surface area contributed by atoms with Crippen LogP contribution in [0.4, 0.5) is 0 Å². The van der Waals surface area contributed by atoms with E-state index < -0.39 is 5.97 Å². The Morgan fingerprint density at radius 3 is 2.24 bits per heavy atom. The Morgan fingerprint density at radius 1 is 1.35 bits per heavy atom. The van der Waals surface area contributed by atoms with Gasteiger partial charge in [0.1, 0.15) is 0 Å². The SMILES string of the molecule is CC(CNC1CC(C)(C)NC(C)(C)C1)C(=O)O. The number of rotatable bonds is 4. The van der Waals surface area contributed by atoms with E-state index in [0.717, 1.165) is 12.8 Å². The summed E-state index contributed by atoms with van der Waals surface area (Å²) in [5, 5.41) is 15.9. The number of carboxylic acid groups (broad SMARTS) is 1. The van der Waals surface area contributed by atoms with Gasteiger partial charge in [-0.3, -0.25) is 4.79 Å². The van der Waals surface area contributed by atoms with Crippen molar-refractivity contribution in [3.8, 4) is 0 Å². The van der Waals surface area contributed by atoms with Crippen LogP contribution in [-0.2, 0) is 4.79 Å². The fourth-order valence-electron chi connectivity index (χ4n) is 2.90. The summed E-state index contributed by atoms with van der Waals surface area (Å²) < 4.78 is 0. The van der Waals surface area contributed by atoms with Gasteiger partial charge < -0.3 is 15.7 Å². The van der Waals surface area contributed by atoms with Gasteiger partial charge in [-0.25, -0.2) is 0 Å². The first-order valence-electron chi connectivity index (χ1n) is 6.37. The average Bonchev–Trinajstić information content (AvgIpc) is 2.08. The number of hydrogen-bond acceptors (Lipinski definition) is 3. The van der Waals surface area contributed by atoms with E-state index in [1.807, 2.05) is 0 Å². The molecule has 1 aliphatic heterocycles. The number of nitrogens with one attached hydrogen (secondary N) is 2. The Morgan fingerprint density at radius 2 is 1.82 bits per heavy atom. The minimum absolute atomic E-state index is 0.103. The molecule has 1 unspecified atom stereocenters. The van der Waals surface area contributed by atoms with E-state index >= 15 is 0 Å². The highest BCUT2D eigenvalue weighted by Crippen LogP contribution is 2.28. The summed E-state index contributed by atoms with van der Waals surface area (Å²) in [6.07, 6.45) is 2.06. The summed E-state index contributed by atoms with van der Waals surface area (Å²) in [4.78, 5) is 10.8. The summed E-state index contributed by atoms with van der Waals surface area (Å²) in [7, 11) is 0. The van der Waals surface area contributed by atoms with E-state index in [0.29, 0.717) is 12.6 Å². The van der Waals surface area contributed by atoms with Crippen LogP contribution in [0, 0.1) is 5.92 Å². The zero-order chi connectivity index (χ0) is 13.3. The second-order valence-corrected chi connectivity index (χ2v) is 6.65. The highest BCUT2D eigenvalue weighted by atomic mass is 16.4. The first-order valence-corrected chi connectivity index (χ1v) is 6.37. The molecule has 0 amide bonds. The molecule has 1 saturated heterocycles. The molecule has 0 aromatic rings. The molecule has 0 aliphatic carbocycles. The lowest BCUT2D eigenvalue weighted by Gasteiger charge is -2.47. The maximum Gasteiger partial charge on any atom is 0.307 e. The van der Waals surface area contributed by atoms with Crippen molar-refractivity contribution in [2.24, 2.45) is 5.92 Å². The lowest BCUT2D eigenvalue weighted by molar-refractivity contribution is -0.141. The third-order valence-corrected chi connectivity index (χ3v) is 3.32. The van der Waals surface area contributed by atoms with Crippen molar-refractivity contribution < 1.29 is 9.90 Å². The summed E-state index contributed by atoms with van der Waals surface area (Å²) in [5.74, 6) is -1.05. The van der Waals surface area contributed by atoms with Crippen LogP contribution in [0.1, 0.15) is 47.5 Å². The van der Waals surface area contributed by atoms with Gasteiger partial charge in [0, 0.05) is 23.7 Å². The summed E-state index contributed by atoms with van der Waals surface area (Å²) in [6.45, 7) is 11.1. The van der Waals surface area contributed by atoms with Gasteiger partial charge in [0.2, 0.25) is 0 Å². The van der Waals surface area contributed by atoms with Crippen LogP contribution in [0.2, 0.25) is 0 Å². The van der Waals surface area contributed by atoms with E-state index in [9.17, 15) is 4.79 Å². The first kappa shape index (κ1) is 14.5. The summed E-state index contributed by atoms with van der Waals surface area (Å²) >= 11 is 0. The van der Waals surface area contributed by atoms with Gasteiger partial charge in [0.15, 0.2) is 0 Å². The van der Waals surface area contributed by atoms with Crippen LogP contribution in [0.5, 0.6) is 0 Å². The van der Waals surface area contributed by atoms with Gasteiger partial charge in [-0.15, -0.1) is 0 Å². The van der Waals surface area contributed by atoms with Crippen LogP contribution in [0.3, 0.4) is 0 Å². The molecule has 1 aliphatic rings. The third kappa shape index (κ3) is 4.64. The topological polar surface area (TPSA) is 61.4 Å². The van der Waals surface area contributed by atoms with Crippen LogP contribution in [0.25, 0.3) is 0 Å². The minimum atomic E-state index is -0.732. The van der Waals surface area contributed by atoms with Crippen molar-refractivity contribution in [2.75, 3.05) is 6.54 Å². The van der Waals surface area contributed by atoms with Gasteiger partial charge in [0.05, 0.1) is 5.92 Å². The average molecular weight is 242 g/mol. The van der Waals surface area contributed by atoms with Crippen molar-refractivity contribution in [3.63, 3.8) is 0 Å². The van der Waals surface area contributed by atoms with Gasteiger partial charge in [-0.05, 0) is 40.5 Å². The van der Waals surface area contributed by atoms with Crippen molar-refractivity contribution in [1.82, 2.24) is 10.6 Å². The van der Waals surface area contributed by atoms with Crippen molar-refractivity contribution in [2.45, 2.75) is 64.6 Å². The summed E-state index contributed by atoms with van der Waals surface area (Å²) in [6, 6.07) is 0.392. The molecule has 1 fully saturated rings. The normalized spacial score (nSPS) is 25.5. The third-order valence-electron chi connectivity index (χ3n) is 3.32. The van der Waals surface area contributed by atoms with Crippen molar-refractivity contribution >= 4 is 5.97 Å². The molecule has 4 heteroatoms. The maximum absolute atomic E-state index is 10.8. The molecule has 3 N–H and O–H groups in total. The molecule has 1 heterocycles. The highest BCUT2D eigenvalue weighted by Gasteiger charge is 2.37. The molecule has 0 spiro atoms. The zero-order valence-corrected chi connectivity index (χ0v) is 11.6. The standard InChI is InChI=1S/C13H26N2O2/c1-9(11(16)17)8-14-10-6-12(2,3)15-13(4,5)7-10/h9-10,14-15H,6-8H2,1-5H3,(H,16,17). The van der Waals surface area contributed by atoms with Crippen LogP contribution in [-0.4, -0.2) is 34.7 Å². The lowest BCUT2D eigenvalue weighted by atomic mass is 9.79. The molecular formula is C13H26N2O2. The Labute approximate surface area is 104 Å². The molecule has 1 atom stereocenters. The van der Waals surface area contributed by atoms with E-state index in [4.69, 9.17) is 5.11 Å². The smallest absolute Gasteiger partial charge is 0.307 e. The van der Waals surface area contributed by atoms with Crippen LogP contribution in [0.15, 0.2) is 0 Å². The zero-order valence-electron chi connectivity index (χ0n) is 11.6. The predicted octanol–water partition coefficient (Wildman–Crippen LogP) is 1.61. The van der Waals surface area contributed by atoms with Gasteiger partial charge in [0.25, 0.3) is 0 Å². The number of aliphatic carboxylic acids is 1. The van der Waals surface area contributed by atoms with Crippen molar-refractivity contribution in [1.29, 1.82) is 0 Å². The largest absolute Gasteiger partial charge is 0.481 e. The number of carbonyl (C=O) groups is 1. The molecule has 0 aromatic carbocycles. The Bertz CT molecular complexity index is 271. The monoisotopic (exact) mass is 242 g/mol. The van der Waals surface area contributed by atoms with Crippen molar-refractivity contribution in [3.05, 3.63) is 0 Å². The van der Waals surface area contributed by atoms with E-state index in [2.05, 4.69) is 38.3 Å². The molecule has 0 aromatic heterocycles. The molecule has 100 valence electrons. The molecule has 0 saturated carbocycles. The Kier molecular flexibility index (Phi) is 4.20. The van der Waals surface area contributed by atoms with Gasteiger partial charge in [-0.2, -0.15) is 0 Å². The second-order valence-electron chi connectivity index (χ2n) is 6.65. The molecule has 4 nitrogen and oxygen atoms in total. The van der Waals surface area contributed by atoms with E-state index in [1.54, 1.807) is 6.92 Å². The fraction of sp³-hybridized carbons (Fsp3) is 0.923. The maximum atomic E-state index is 10.8. The molecule has 17 heavy (non-hydrogen) atoms. The van der Waals surface area contributed by atoms with E-state index in [1.165, 1.54) is 0 Å². The Balaban J connectivity index is 2.51. The number of carboxylic acids is 1. The minimum Gasteiger partial charge on any atom is -0.481 e. The van der Waals surface area contributed by atoms with Crippen LogP contribution < -0.4 is 10.6 Å². The second kappa shape index (κ2) is 4.94. The van der Waals surface area contributed by atoms with E-state index in [-0.39, 0.29) is 17.0 Å². The highest BCUT2D eigenvalue weighted by molar-refractivity contribution is 5.69. The summed E-state index contributed by atoms with van der Waals surface area (Å²) in [5.41, 5.74) is 0.206. The Hall–Kier alpha value is -0.610.